The molecule has 3 aliphatic heterocycles. The van der Waals surface area contributed by atoms with Crippen LogP contribution in [0.15, 0.2) is 28.7 Å². The van der Waals surface area contributed by atoms with Gasteiger partial charge in [0, 0.05) is 29.5 Å². The van der Waals surface area contributed by atoms with E-state index in [0.717, 1.165) is 43.4 Å². The molecule has 0 aliphatic carbocycles. The molecule has 4 unspecified atom stereocenters. The summed E-state index contributed by atoms with van der Waals surface area (Å²) < 4.78 is 1.08. The van der Waals surface area contributed by atoms with E-state index in [-0.39, 0.29) is 30.4 Å². The van der Waals surface area contributed by atoms with Crippen molar-refractivity contribution in [2.45, 2.75) is 37.4 Å². The summed E-state index contributed by atoms with van der Waals surface area (Å²) in [5, 5.41) is 3.43. The Hall–Kier alpha value is -0.660. The average molecular weight is 416 g/mol. The van der Waals surface area contributed by atoms with E-state index < -0.39 is 0 Å². The zero-order valence-corrected chi connectivity index (χ0v) is 15.9. The van der Waals surface area contributed by atoms with Crippen LogP contribution in [0.5, 0.6) is 0 Å². The number of fused-ring (bicyclic) bond motifs is 1. The highest BCUT2D eigenvalue weighted by Crippen LogP contribution is 2.35. The van der Waals surface area contributed by atoms with Crippen molar-refractivity contribution in [3.05, 3.63) is 34.3 Å². The molecule has 0 spiro atoms. The van der Waals surface area contributed by atoms with Gasteiger partial charge in [-0.1, -0.05) is 28.1 Å². The number of halogens is 2. The molecule has 3 aliphatic rings. The summed E-state index contributed by atoms with van der Waals surface area (Å²) in [6.07, 6.45) is 3.21. The standard InChI is InChI=1S/C17H23BrN4O.ClH/c18-12-4-1-3-11(9-12)15-5-2-8-22(15)17(23)16-13-10-19-7-6-14(13)20-21-16;/h1,3-4,9,13-16,19-21H,2,5-8,10H2;1H. The fraction of sp³-hybridized carbons (Fsp3) is 0.588. The normalized spacial score (nSPS) is 32.3. The number of piperidine rings is 1. The van der Waals surface area contributed by atoms with Crippen LogP contribution in [0.2, 0.25) is 0 Å². The first-order valence-electron chi connectivity index (χ1n) is 8.52. The van der Waals surface area contributed by atoms with Crippen LogP contribution in [-0.4, -0.2) is 42.5 Å². The van der Waals surface area contributed by atoms with Gasteiger partial charge in [0.15, 0.2) is 0 Å². The molecule has 0 bridgehead atoms. The number of rotatable bonds is 2. The molecule has 0 radical (unpaired) electrons. The topological polar surface area (TPSA) is 56.4 Å². The molecule has 4 rings (SSSR count). The largest absolute Gasteiger partial charge is 0.334 e. The SMILES string of the molecule is Cl.O=C(C1NNC2CCNCC21)N1CCCC1c1cccc(Br)c1. The number of benzene rings is 1. The van der Waals surface area contributed by atoms with Gasteiger partial charge in [-0.2, -0.15) is 0 Å². The molecule has 0 saturated carbocycles. The predicted octanol–water partition coefficient (Wildman–Crippen LogP) is 1.99. The Labute approximate surface area is 157 Å². The second-order valence-electron chi connectivity index (χ2n) is 6.77. The molecule has 3 heterocycles. The minimum Gasteiger partial charge on any atom is -0.334 e. The number of hydrogen-bond donors (Lipinski definition) is 3. The summed E-state index contributed by atoms with van der Waals surface area (Å²) in [7, 11) is 0. The third kappa shape index (κ3) is 3.35. The van der Waals surface area contributed by atoms with E-state index in [4.69, 9.17) is 0 Å². The maximum atomic E-state index is 13.2. The number of hydrogen-bond acceptors (Lipinski definition) is 4. The van der Waals surface area contributed by atoms with Crippen LogP contribution in [0.3, 0.4) is 0 Å². The van der Waals surface area contributed by atoms with E-state index in [1.54, 1.807) is 0 Å². The molecule has 3 fully saturated rings. The van der Waals surface area contributed by atoms with Crippen LogP contribution < -0.4 is 16.2 Å². The molecule has 132 valence electrons. The van der Waals surface area contributed by atoms with Crippen molar-refractivity contribution in [3.63, 3.8) is 0 Å². The molecule has 1 aromatic rings. The summed E-state index contributed by atoms with van der Waals surface area (Å²) in [4.78, 5) is 15.2. The van der Waals surface area contributed by atoms with Crippen LogP contribution in [0.4, 0.5) is 0 Å². The van der Waals surface area contributed by atoms with Crippen molar-refractivity contribution in [1.82, 2.24) is 21.1 Å². The van der Waals surface area contributed by atoms with Gasteiger partial charge in [0.2, 0.25) is 5.91 Å². The maximum absolute atomic E-state index is 13.2. The Bertz CT molecular complexity index is 602. The number of amides is 1. The molecule has 4 atom stereocenters. The number of nitrogens with zero attached hydrogens (tertiary/aromatic N) is 1. The monoisotopic (exact) mass is 414 g/mol. The van der Waals surface area contributed by atoms with Gasteiger partial charge in [-0.15, -0.1) is 12.4 Å². The van der Waals surface area contributed by atoms with Gasteiger partial charge in [-0.25, -0.2) is 5.43 Å². The predicted molar refractivity (Wildman–Crippen MR) is 99.9 cm³/mol. The number of hydrazine groups is 1. The van der Waals surface area contributed by atoms with Crippen molar-refractivity contribution in [2.24, 2.45) is 5.92 Å². The molecule has 3 N–H and O–H groups in total. The van der Waals surface area contributed by atoms with Crippen LogP contribution in [0, 0.1) is 5.92 Å². The van der Waals surface area contributed by atoms with E-state index in [0.29, 0.717) is 12.0 Å². The molecular formula is C17H24BrClN4O. The molecule has 5 nitrogen and oxygen atoms in total. The first kappa shape index (κ1) is 18.1. The highest BCUT2D eigenvalue weighted by molar-refractivity contribution is 9.10. The van der Waals surface area contributed by atoms with Gasteiger partial charge in [-0.05, 0) is 43.5 Å². The van der Waals surface area contributed by atoms with Gasteiger partial charge < -0.3 is 10.2 Å². The van der Waals surface area contributed by atoms with Gasteiger partial charge in [0.05, 0.1) is 6.04 Å². The molecular weight excluding hydrogens is 392 g/mol. The highest BCUT2D eigenvalue weighted by Gasteiger charge is 2.44. The Balaban J connectivity index is 0.00000169. The van der Waals surface area contributed by atoms with Crippen molar-refractivity contribution in [2.75, 3.05) is 19.6 Å². The first-order chi connectivity index (χ1) is 11.2. The Kier molecular flexibility index (Phi) is 5.82. The summed E-state index contributed by atoms with van der Waals surface area (Å²) >= 11 is 3.54. The number of carbonyl (C=O) groups is 1. The molecule has 24 heavy (non-hydrogen) atoms. The third-order valence-corrected chi connectivity index (χ3v) is 5.91. The summed E-state index contributed by atoms with van der Waals surface area (Å²) in [6, 6.07) is 8.87. The van der Waals surface area contributed by atoms with Crippen LogP contribution in [0.25, 0.3) is 0 Å². The minimum absolute atomic E-state index is 0. The lowest BCUT2D eigenvalue weighted by Gasteiger charge is -2.32. The van der Waals surface area contributed by atoms with E-state index in [2.05, 4.69) is 55.2 Å². The van der Waals surface area contributed by atoms with Crippen LogP contribution >= 0.6 is 28.3 Å². The van der Waals surface area contributed by atoms with Gasteiger partial charge >= 0.3 is 0 Å². The van der Waals surface area contributed by atoms with E-state index in [1.165, 1.54) is 5.56 Å². The zero-order chi connectivity index (χ0) is 15.8. The van der Waals surface area contributed by atoms with E-state index in [9.17, 15) is 4.79 Å². The summed E-state index contributed by atoms with van der Waals surface area (Å²) in [5.41, 5.74) is 7.83. The van der Waals surface area contributed by atoms with Gasteiger partial charge in [0.1, 0.15) is 6.04 Å². The fourth-order valence-corrected chi connectivity index (χ4v) is 4.65. The average Bonchev–Trinajstić information content (AvgIpc) is 3.21. The van der Waals surface area contributed by atoms with Gasteiger partial charge in [-0.3, -0.25) is 10.2 Å². The Morgan fingerprint density at radius 2 is 2.12 bits per heavy atom. The molecule has 3 saturated heterocycles. The van der Waals surface area contributed by atoms with Crippen LogP contribution in [0.1, 0.15) is 30.9 Å². The van der Waals surface area contributed by atoms with E-state index >= 15 is 0 Å². The van der Waals surface area contributed by atoms with Crippen molar-refractivity contribution >= 4 is 34.2 Å². The Morgan fingerprint density at radius 3 is 2.96 bits per heavy atom. The van der Waals surface area contributed by atoms with Gasteiger partial charge in [0.25, 0.3) is 0 Å². The fourth-order valence-electron chi connectivity index (χ4n) is 4.23. The van der Waals surface area contributed by atoms with E-state index in [1.807, 2.05) is 6.07 Å². The second kappa shape index (κ2) is 7.70. The second-order valence-corrected chi connectivity index (χ2v) is 7.69. The lowest BCUT2D eigenvalue weighted by Crippen LogP contribution is -2.50. The van der Waals surface area contributed by atoms with Crippen molar-refractivity contribution < 1.29 is 4.79 Å². The summed E-state index contributed by atoms with van der Waals surface area (Å²) in [6.45, 7) is 2.80. The number of likely N-dealkylation sites (tertiary alicyclic amines) is 1. The number of carbonyl (C=O) groups excluding carboxylic acids is 1. The summed E-state index contributed by atoms with van der Waals surface area (Å²) in [5.74, 6) is 0.594. The van der Waals surface area contributed by atoms with Crippen molar-refractivity contribution in [1.29, 1.82) is 0 Å². The quantitative estimate of drug-likeness (QED) is 0.691. The first-order valence-corrected chi connectivity index (χ1v) is 9.31. The Morgan fingerprint density at radius 1 is 1.25 bits per heavy atom. The zero-order valence-electron chi connectivity index (χ0n) is 13.5. The molecule has 1 amide bonds. The van der Waals surface area contributed by atoms with Crippen molar-refractivity contribution in [3.8, 4) is 0 Å². The maximum Gasteiger partial charge on any atom is 0.241 e. The molecule has 1 aromatic carbocycles. The smallest absolute Gasteiger partial charge is 0.241 e. The minimum atomic E-state index is -0.111. The molecule has 0 aromatic heterocycles. The van der Waals surface area contributed by atoms with Crippen LogP contribution in [-0.2, 0) is 4.79 Å². The molecule has 7 heteroatoms. The highest BCUT2D eigenvalue weighted by atomic mass is 79.9. The third-order valence-electron chi connectivity index (χ3n) is 5.42. The lowest BCUT2D eigenvalue weighted by molar-refractivity contribution is -0.135. The lowest BCUT2D eigenvalue weighted by atomic mass is 9.88. The number of nitrogens with one attached hydrogen (secondary N) is 3.